The highest BCUT2D eigenvalue weighted by atomic mass is 16.5. The van der Waals surface area contributed by atoms with Crippen LogP contribution >= 0.6 is 0 Å². The van der Waals surface area contributed by atoms with Crippen molar-refractivity contribution in [3.05, 3.63) is 11.3 Å². The lowest BCUT2D eigenvalue weighted by Gasteiger charge is -2.31. The van der Waals surface area contributed by atoms with Crippen molar-refractivity contribution in [2.45, 2.75) is 25.8 Å². The lowest BCUT2D eigenvalue weighted by atomic mass is 10.1. The molecule has 0 aliphatic carbocycles. The molecule has 6 nitrogen and oxygen atoms in total. The molecule has 3 aliphatic heterocycles. The van der Waals surface area contributed by atoms with Crippen molar-refractivity contribution >= 4 is 12.0 Å². The van der Waals surface area contributed by atoms with Crippen molar-refractivity contribution in [3.8, 4) is 0 Å². The minimum absolute atomic E-state index is 0.0274. The summed E-state index contributed by atoms with van der Waals surface area (Å²) in [5, 5.41) is 3.31. The third-order valence-corrected chi connectivity index (χ3v) is 4.20. The molecule has 2 amide bonds. The first kappa shape index (κ1) is 12.5. The second kappa shape index (κ2) is 4.85. The SMILES string of the molecule is CC1=C(N2CCN(C3CCNCC3)C2=O)COC1=O. The summed E-state index contributed by atoms with van der Waals surface area (Å²) >= 11 is 0. The highest BCUT2D eigenvalue weighted by molar-refractivity contribution is 5.92. The summed E-state index contributed by atoms with van der Waals surface area (Å²) < 4.78 is 4.98. The molecule has 3 rings (SSSR count). The van der Waals surface area contributed by atoms with E-state index in [2.05, 4.69) is 5.32 Å². The number of ether oxygens (including phenoxy) is 1. The summed E-state index contributed by atoms with van der Waals surface area (Å²) in [5.41, 5.74) is 1.31. The third-order valence-electron chi connectivity index (χ3n) is 4.20. The Bertz CT molecular complexity index is 440. The van der Waals surface area contributed by atoms with Crippen LogP contribution in [0.25, 0.3) is 0 Å². The minimum atomic E-state index is -0.303. The number of carbonyl (C=O) groups excluding carboxylic acids is 2. The van der Waals surface area contributed by atoms with Crippen LogP contribution in [0.5, 0.6) is 0 Å². The van der Waals surface area contributed by atoms with Crippen molar-refractivity contribution in [3.63, 3.8) is 0 Å². The first-order chi connectivity index (χ1) is 9.18. The molecule has 0 atom stereocenters. The topological polar surface area (TPSA) is 61.9 Å². The second-order valence-corrected chi connectivity index (χ2v) is 5.26. The number of carbonyl (C=O) groups is 2. The molecule has 6 heteroatoms. The summed E-state index contributed by atoms with van der Waals surface area (Å²) in [6.07, 6.45) is 2.01. The molecular weight excluding hydrogens is 246 g/mol. The predicted octanol–water partition coefficient (Wildman–Crippen LogP) is 0.307. The van der Waals surface area contributed by atoms with Gasteiger partial charge in [-0.05, 0) is 32.9 Å². The van der Waals surface area contributed by atoms with Gasteiger partial charge >= 0.3 is 12.0 Å². The van der Waals surface area contributed by atoms with Crippen LogP contribution in [0, 0.1) is 0 Å². The van der Waals surface area contributed by atoms with Gasteiger partial charge in [0.1, 0.15) is 6.61 Å². The summed E-state index contributed by atoms with van der Waals surface area (Å²) in [7, 11) is 0. The van der Waals surface area contributed by atoms with Crippen molar-refractivity contribution in [2.24, 2.45) is 0 Å². The van der Waals surface area contributed by atoms with E-state index in [1.165, 1.54) is 0 Å². The molecule has 0 spiro atoms. The number of urea groups is 1. The van der Waals surface area contributed by atoms with Crippen LogP contribution < -0.4 is 5.32 Å². The fourth-order valence-electron chi connectivity index (χ4n) is 3.01. The zero-order valence-electron chi connectivity index (χ0n) is 11.1. The monoisotopic (exact) mass is 265 g/mol. The maximum absolute atomic E-state index is 12.5. The van der Waals surface area contributed by atoms with E-state index in [0.717, 1.165) is 38.2 Å². The lowest BCUT2D eigenvalue weighted by molar-refractivity contribution is -0.136. The van der Waals surface area contributed by atoms with Crippen LogP contribution in [-0.2, 0) is 9.53 Å². The molecule has 1 N–H and O–H groups in total. The average Bonchev–Trinajstić information content (AvgIpc) is 2.96. The molecule has 19 heavy (non-hydrogen) atoms. The molecule has 0 radical (unpaired) electrons. The van der Waals surface area contributed by atoms with Gasteiger partial charge in [0.25, 0.3) is 0 Å². The van der Waals surface area contributed by atoms with Gasteiger partial charge in [-0.2, -0.15) is 0 Å². The average molecular weight is 265 g/mol. The second-order valence-electron chi connectivity index (χ2n) is 5.26. The van der Waals surface area contributed by atoms with Crippen LogP contribution in [0.3, 0.4) is 0 Å². The maximum Gasteiger partial charge on any atom is 0.336 e. The van der Waals surface area contributed by atoms with Gasteiger partial charge in [0.05, 0.1) is 11.3 Å². The number of piperidine rings is 1. The molecule has 2 saturated heterocycles. The number of cyclic esters (lactones) is 1. The van der Waals surface area contributed by atoms with Crippen molar-refractivity contribution < 1.29 is 14.3 Å². The van der Waals surface area contributed by atoms with Gasteiger partial charge in [-0.25, -0.2) is 9.59 Å². The smallest absolute Gasteiger partial charge is 0.336 e. The Hall–Kier alpha value is -1.56. The van der Waals surface area contributed by atoms with Gasteiger partial charge in [-0.1, -0.05) is 0 Å². The van der Waals surface area contributed by atoms with E-state index in [9.17, 15) is 9.59 Å². The molecular formula is C13H19N3O3. The Labute approximate surface area is 112 Å². The molecule has 0 bridgehead atoms. The largest absolute Gasteiger partial charge is 0.456 e. The first-order valence-electron chi connectivity index (χ1n) is 6.84. The molecule has 0 saturated carbocycles. The van der Waals surface area contributed by atoms with E-state index < -0.39 is 0 Å². The summed E-state index contributed by atoms with van der Waals surface area (Å²) in [5.74, 6) is -0.303. The molecule has 0 aromatic heterocycles. The fraction of sp³-hybridized carbons (Fsp3) is 0.692. The minimum Gasteiger partial charge on any atom is -0.456 e. The van der Waals surface area contributed by atoms with E-state index in [-0.39, 0.29) is 18.6 Å². The molecule has 104 valence electrons. The first-order valence-corrected chi connectivity index (χ1v) is 6.84. The van der Waals surface area contributed by atoms with E-state index in [0.29, 0.717) is 18.2 Å². The van der Waals surface area contributed by atoms with E-state index in [1.54, 1.807) is 11.8 Å². The Balaban J connectivity index is 1.73. The summed E-state index contributed by atoms with van der Waals surface area (Å²) in [6.45, 7) is 5.30. The van der Waals surface area contributed by atoms with Crippen LogP contribution in [0.4, 0.5) is 4.79 Å². The number of esters is 1. The normalized spacial score (nSPS) is 25.5. The van der Waals surface area contributed by atoms with Gasteiger partial charge < -0.3 is 15.0 Å². The number of hydrogen-bond acceptors (Lipinski definition) is 4. The van der Waals surface area contributed by atoms with Crippen LogP contribution in [0.2, 0.25) is 0 Å². The number of hydrogen-bond donors (Lipinski definition) is 1. The van der Waals surface area contributed by atoms with Gasteiger partial charge in [0, 0.05) is 19.1 Å². The van der Waals surface area contributed by atoms with Crippen molar-refractivity contribution in [1.29, 1.82) is 0 Å². The number of rotatable bonds is 2. The third kappa shape index (κ3) is 2.10. The number of nitrogens with zero attached hydrogens (tertiary/aromatic N) is 2. The summed E-state index contributed by atoms with van der Waals surface area (Å²) in [6, 6.07) is 0.359. The van der Waals surface area contributed by atoms with Gasteiger partial charge in [0.2, 0.25) is 0 Å². The predicted molar refractivity (Wildman–Crippen MR) is 68.4 cm³/mol. The molecule has 2 fully saturated rings. The Morgan fingerprint density at radius 1 is 1.21 bits per heavy atom. The van der Waals surface area contributed by atoms with E-state index in [1.807, 2.05) is 4.90 Å². The van der Waals surface area contributed by atoms with E-state index in [4.69, 9.17) is 4.74 Å². The molecule has 3 aliphatic rings. The zero-order valence-corrected chi connectivity index (χ0v) is 11.1. The van der Waals surface area contributed by atoms with Crippen LogP contribution in [0.15, 0.2) is 11.3 Å². The fourth-order valence-corrected chi connectivity index (χ4v) is 3.01. The quantitative estimate of drug-likeness (QED) is 0.730. The van der Waals surface area contributed by atoms with E-state index >= 15 is 0 Å². The van der Waals surface area contributed by atoms with Gasteiger partial charge in [0.15, 0.2) is 0 Å². The van der Waals surface area contributed by atoms with Gasteiger partial charge in [-0.3, -0.25) is 4.90 Å². The lowest BCUT2D eigenvalue weighted by Crippen LogP contribution is -2.45. The van der Waals surface area contributed by atoms with Gasteiger partial charge in [-0.15, -0.1) is 0 Å². The molecule has 0 aromatic carbocycles. The highest BCUT2D eigenvalue weighted by Gasteiger charge is 2.38. The molecule has 0 aromatic rings. The number of amides is 2. The Kier molecular flexibility index (Phi) is 3.18. The highest BCUT2D eigenvalue weighted by Crippen LogP contribution is 2.26. The Morgan fingerprint density at radius 3 is 2.58 bits per heavy atom. The van der Waals surface area contributed by atoms with Crippen molar-refractivity contribution in [2.75, 3.05) is 32.8 Å². The Morgan fingerprint density at radius 2 is 1.95 bits per heavy atom. The van der Waals surface area contributed by atoms with Crippen LogP contribution in [-0.4, -0.2) is 60.6 Å². The van der Waals surface area contributed by atoms with Crippen molar-refractivity contribution in [1.82, 2.24) is 15.1 Å². The number of nitrogens with one attached hydrogen (secondary N) is 1. The maximum atomic E-state index is 12.5. The van der Waals surface area contributed by atoms with Crippen LogP contribution in [0.1, 0.15) is 19.8 Å². The zero-order chi connectivity index (χ0) is 13.4. The standard InChI is InChI=1S/C13H19N3O3/c1-9-11(8-19-12(9)17)16-7-6-15(13(16)18)10-2-4-14-5-3-10/h10,14H,2-8H2,1H3. The molecule has 3 heterocycles. The molecule has 0 unspecified atom stereocenters. The summed E-state index contributed by atoms with van der Waals surface area (Å²) in [4.78, 5) is 27.5.